The molecule has 5 aromatic rings. The van der Waals surface area contributed by atoms with Crippen LogP contribution in [-0.4, -0.2) is 26.3 Å². The first-order valence-electron chi connectivity index (χ1n) is 11.9. The average molecular weight is 522 g/mol. The Kier molecular flexibility index (Phi) is 7.72. The number of nitrogens with one attached hydrogen (secondary N) is 3. The summed E-state index contributed by atoms with van der Waals surface area (Å²) in [5.74, 6) is 1.01. The van der Waals surface area contributed by atoms with E-state index in [4.69, 9.17) is 11.6 Å². The summed E-state index contributed by atoms with van der Waals surface area (Å²) in [5, 5.41) is 21.7. The van der Waals surface area contributed by atoms with Crippen LogP contribution < -0.4 is 16.1 Å². The number of anilines is 5. The van der Waals surface area contributed by atoms with Gasteiger partial charge in [-0.3, -0.25) is 0 Å². The molecule has 8 nitrogen and oxygen atoms in total. The third-order valence-corrected chi connectivity index (χ3v) is 5.88. The lowest BCUT2D eigenvalue weighted by atomic mass is 10.0. The highest BCUT2D eigenvalue weighted by Gasteiger charge is 2.08. The zero-order chi connectivity index (χ0) is 26.2. The minimum absolute atomic E-state index is 0.104. The number of phenolic OH excluding ortho intramolecular Hbond substituents is 1. The Labute approximate surface area is 225 Å². The van der Waals surface area contributed by atoms with Crippen LogP contribution in [0.4, 0.5) is 29.2 Å². The monoisotopic (exact) mass is 521 g/mol. The molecule has 0 amide bonds. The van der Waals surface area contributed by atoms with Crippen LogP contribution in [0.1, 0.15) is 16.7 Å². The Bertz CT molecular complexity index is 1490. The summed E-state index contributed by atoms with van der Waals surface area (Å²) in [6.07, 6.45) is 2.15. The molecule has 0 saturated carbocycles. The molecule has 0 unspecified atom stereocenters. The van der Waals surface area contributed by atoms with Crippen molar-refractivity contribution in [3.63, 3.8) is 0 Å². The van der Waals surface area contributed by atoms with Gasteiger partial charge in [0, 0.05) is 22.0 Å². The predicted molar refractivity (Wildman–Crippen MR) is 153 cm³/mol. The molecular weight excluding hydrogens is 498 g/mol. The second kappa shape index (κ2) is 11.9. The average Bonchev–Trinajstić information content (AvgIpc) is 2.93. The standard InChI is InChI=1S/C29H24ClN7O/c30-25-14-8-7-9-21(25)17-20-15-16-26(38)22(18-20)19-31-37-29-35-27(32-23-10-3-1-4-11-23)34-28(36-29)33-24-12-5-2-6-13-24/h1-16,18-19,38H,17H2,(H3,32,33,34,35,36,37)/b31-19-. The second-order valence-electron chi connectivity index (χ2n) is 8.32. The first-order valence-corrected chi connectivity index (χ1v) is 12.2. The number of nitrogens with zero attached hydrogens (tertiary/aromatic N) is 4. The molecule has 0 saturated heterocycles. The van der Waals surface area contributed by atoms with Gasteiger partial charge in [0.2, 0.25) is 17.8 Å². The van der Waals surface area contributed by atoms with Crippen LogP contribution in [0.15, 0.2) is 108 Å². The van der Waals surface area contributed by atoms with E-state index in [-0.39, 0.29) is 11.7 Å². The van der Waals surface area contributed by atoms with Crippen molar-refractivity contribution in [3.05, 3.63) is 125 Å². The van der Waals surface area contributed by atoms with Crippen molar-refractivity contribution < 1.29 is 5.11 Å². The van der Waals surface area contributed by atoms with E-state index in [2.05, 4.69) is 36.1 Å². The lowest BCUT2D eigenvalue weighted by molar-refractivity contribution is 0.474. The van der Waals surface area contributed by atoms with E-state index >= 15 is 0 Å². The predicted octanol–water partition coefficient (Wildman–Crippen LogP) is 6.75. The quantitative estimate of drug-likeness (QED) is 0.125. The van der Waals surface area contributed by atoms with Gasteiger partial charge in [0.1, 0.15) is 5.75 Å². The number of hydrogen-bond acceptors (Lipinski definition) is 8. The van der Waals surface area contributed by atoms with Crippen molar-refractivity contribution in [1.29, 1.82) is 0 Å². The van der Waals surface area contributed by atoms with Gasteiger partial charge in [-0.2, -0.15) is 20.1 Å². The van der Waals surface area contributed by atoms with Crippen molar-refractivity contribution >= 4 is 47.0 Å². The van der Waals surface area contributed by atoms with E-state index in [1.807, 2.05) is 97.1 Å². The van der Waals surface area contributed by atoms with Crippen LogP contribution in [-0.2, 0) is 6.42 Å². The van der Waals surface area contributed by atoms with Gasteiger partial charge in [-0.15, -0.1) is 0 Å². The van der Waals surface area contributed by atoms with Gasteiger partial charge in [-0.1, -0.05) is 72.3 Å². The topological polar surface area (TPSA) is 107 Å². The van der Waals surface area contributed by atoms with Crippen LogP contribution in [0.3, 0.4) is 0 Å². The summed E-state index contributed by atoms with van der Waals surface area (Å²) in [7, 11) is 0. The minimum atomic E-state index is 0.104. The highest BCUT2D eigenvalue weighted by Crippen LogP contribution is 2.23. The molecule has 0 radical (unpaired) electrons. The van der Waals surface area contributed by atoms with Crippen LogP contribution in [0.25, 0.3) is 0 Å². The van der Waals surface area contributed by atoms with Crippen molar-refractivity contribution in [2.24, 2.45) is 5.10 Å². The van der Waals surface area contributed by atoms with E-state index in [9.17, 15) is 5.11 Å². The molecule has 4 N–H and O–H groups in total. The van der Waals surface area contributed by atoms with Gasteiger partial charge in [0.25, 0.3) is 0 Å². The SMILES string of the molecule is Oc1ccc(Cc2ccccc2Cl)cc1/C=N\Nc1nc(Nc2ccccc2)nc(Nc2ccccc2)n1. The van der Waals surface area contributed by atoms with E-state index in [0.717, 1.165) is 22.5 Å². The number of phenols is 1. The number of aromatic nitrogens is 3. The van der Waals surface area contributed by atoms with E-state index < -0.39 is 0 Å². The molecular formula is C29H24ClN7O. The van der Waals surface area contributed by atoms with Gasteiger partial charge in [0.05, 0.1) is 6.21 Å². The van der Waals surface area contributed by atoms with Crippen LogP contribution in [0.2, 0.25) is 5.02 Å². The summed E-state index contributed by atoms with van der Waals surface area (Å²) < 4.78 is 0. The van der Waals surface area contributed by atoms with Crippen LogP contribution >= 0.6 is 11.6 Å². The number of halogens is 1. The Morgan fingerprint density at radius 2 is 1.29 bits per heavy atom. The number of hydrazone groups is 1. The third-order valence-electron chi connectivity index (χ3n) is 5.51. The fourth-order valence-corrected chi connectivity index (χ4v) is 3.88. The smallest absolute Gasteiger partial charge is 0.250 e. The molecule has 0 aliphatic heterocycles. The summed E-state index contributed by atoms with van der Waals surface area (Å²) in [6, 6.07) is 32.2. The highest BCUT2D eigenvalue weighted by atomic mass is 35.5. The lowest BCUT2D eigenvalue weighted by Crippen LogP contribution is -2.07. The number of hydrogen-bond donors (Lipinski definition) is 4. The van der Waals surface area contributed by atoms with Gasteiger partial charge in [0.15, 0.2) is 0 Å². The maximum absolute atomic E-state index is 10.4. The zero-order valence-corrected chi connectivity index (χ0v) is 21.0. The Hall–Kier alpha value is -4.95. The molecule has 0 bridgehead atoms. The lowest BCUT2D eigenvalue weighted by Gasteiger charge is -2.10. The molecule has 0 aliphatic rings. The normalized spacial score (nSPS) is 10.9. The first kappa shape index (κ1) is 24.7. The molecule has 9 heteroatoms. The molecule has 0 atom stereocenters. The molecule has 1 heterocycles. The number of rotatable bonds is 9. The minimum Gasteiger partial charge on any atom is -0.507 e. The van der Waals surface area contributed by atoms with Crippen LogP contribution in [0.5, 0.6) is 5.75 Å². The van der Waals surface area contributed by atoms with Gasteiger partial charge >= 0.3 is 0 Å². The van der Waals surface area contributed by atoms with E-state index in [1.54, 1.807) is 6.07 Å². The van der Waals surface area contributed by atoms with E-state index in [1.165, 1.54) is 6.21 Å². The van der Waals surface area contributed by atoms with Gasteiger partial charge in [-0.05, 0) is 60.0 Å². The fourth-order valence-electron chi connectivity index (χ4n) is 3.68. The molecule has 0 fully saturated rings. The maximum Gasteiger partial charge on any atom is 0.250 e. The molecule has 0 spiro atoms. The Morgan fingerprint density at radius 3 is 1.92 bits per heavy atom. The molecule has 5 rings (SSSR count). The number of aromatic hydroxyl groups is 1. The summed E-state index contributed by atoms with van der Waals surface area (Å²) in [5.41, 5.74) is 7.04. The summed E-state index contributed by atoms with van der Waals surface area (Å²) in [6.45, 7) is 0. The molecule has 188 valence electrons. The Balaban J connectivity index is 1.36. The molecule has 38 heavy (non-hydrogen) atoms. The van der Waals surface area contributed by atoms with Crippen molar-refractivity contribution in [1.82, 2.24) is 15.0 Å². The fraction of sp³-hybridized carbons (Fsp3) is 0.0345. The number of para-hydroxylation sites is 2. The molecule has 4 aromatic carbocycles. The van der Waals surface area contributed by atoms with Crippen LogP contribution in [0, 0.1) is 0 Å². The number of benzene rings is 4. The van der Waals surface area contributed by atoms with E-state index in [0.29, 0.717) is 28.9 Å². The largest absolute Gasteiger partial charge is 0.507 e. The summed E-state index contributed by atoms with van der Waals surface area (Å²) in [4.78, 5) is 13.3. The van der Waals surface area contributed by atoms with Gasteiger partial charge < -0.3 is 15.7 Å². The van der Waals surface area contributed by atoms with Gasteiger partial charge in [-0.25, -0.2) is 5.43 Å². The van der Waals surface area contributed by atoms with Crippen molar-refractivity contribution in [2.75, 3.05) is 16.1 Å². The second-order valence-corrected chi connectivity index (χ2v) is 8.73. The van der Waals surface area contributed by atoms with Crippen molar-refractivity contribution in [3.8, 4) is 5.75 Å². The molecule has 1 aromatic heterocycles. The Morgan fingerprint density at radius 1 is 0.711 bits per heavy atom. The summed E-state index contributed by atoms with van der Waals surface area (Å²) >= 11 is 6.31. The van der Waals surface area contributed by atoms with Crippen molar-refractivity contribution in [2.45, 2.75) is 6.42 Å². The maximum atomic E-state index is 10.4. The first-order chi connectivity index (χ1) is 18.6. The highest BCUT2D eigenvalue weighted by molar-refractivity contribution is 6.31. The zero-order valence-electron chi connectivity index (χ0n) is 20.2. The third kappa shape index (κ3) is 6.63. The molecule has 0 aliphatic carbocycles.